The van der Waals surface area contributed by atoms with Gasteiger partial charge in [-0.2, -0.15) is 4.39 Å². The maximum Gasteiger partial charge on any atom is 0.213 e. The standard InChI is InChI=1S/C8H6FN3/c9-6-2-1-5-3-4-11-8(10)7(5)12-6/h1-4H,(H2,10,11). The summed E-state index contributed by atoms with van der Waals surface area (Å²) in [5, 5.41) is 0.795. The van der Waals surface area contributed by atoms with Crippen molar-refractivity contribution in [2.75, 3.05) is 5.73 Å². The van der Waals surface area contributed by atoms with Gasteiger partial charge >= 0.3 is 0 Å². The van der Waals surface area contributed by atoms with E-state index in [-0.39, 0.29) is 5.82 Å². The van der Waals surface area contributed by atoms with Gasteiger partial charge in [-0.1, -0.05) is 0 Å². The van der Waals surface area contributed by atoms with E-state index in [1.807, 2.05) is 0 Å². The van der Waals surface area contributed by atoms with Gasteiger partial charge in [0.1, 0.15) is 11.3 Å². The summed E-state index contributed by atoms with van der Waals surface area (Å²) in [5.41, 5.74) is 5.90. The van der Waals surface area contributed by atoms with Crippen molar-refractivity contribution in [3.05, 3.63) is 30.3 Å². The molecule has 0 unspecified atom stereocenters. The van der Waals surface area contributed by atoms with E-state index in [1.54, 1.807) is 18.3 Å². The van der Waals surface area contributed by atoms with Crippen molar-refractivity contribution in [2.24, 2.45) is 0 Å². The van der Waals surface area contributed by atoms with Crippen LogP contribution >= 0.6 is 0 Å². The number of nitrogens with two attached hydrogens (primary N) is 1. The molecule has 60 valence electrons. The normalized spacial score (nSPS) is 10.4. The third kappa shape index (κ3) is 0.972. The SMILES string of the molecule is Nc1nccc2ccc(F)nc12. The Kier molecular flexibility index (Phi) is 1.40. The summed E-state index contributed by atoms with van der Waals surface area (Å²) in [6, 6.07) is 4.65. The molecule has 2 aromatic rings. The van der Waals surface area contributed by atoms with Crippen LogP contribution < -0.4 is 5.73 Å². The highest BCUT2D eigenvalue weighted by molar-refractivity contribution is 5.86. The number of halogens is 1. The second-order valence-corrected chi connectivity index (χ2v) is 2.40. The summed E-state index contributed by atoms with van der Waals surface area (Å²) >= 11 is 0. The molecule has 0 saturated heterocycles. The maximum atomic E-state index is 12.6. The van der Waals surface area contributed by atoms with Crippen LogP contribution in [0.25, 0.3) is 10.9 Å². The number of hydrogen-bond acceptors (Lipinski definition) is 3. The lowest BCUT2D eigenvalue weighted by Crippen LogP contribution is -1.94. The molecule has 0 aromatic carbocycles. The molecule has 0 aliphatic rings. The Balaban J connectivity index is 2.88. The zero-order valence-electron chi connectivity index (χ0n) is 6.16. The second-order valence-electron chi connectivity index (χ2n) is 2.40. The second kappa shape index (κ2) is 2.41. The van der Waals surface area contributed by atoms with Crippen LogP contribution in [0, 0.1) is 5.95 Å². The Bertz CT molecular complexity index is 428. The summed E-state index contributed by atoms with van der Waals surface area (Å²) in [7, 11) is 0. The molecular weight excluding hydrogens is 157 g/mol. The maximum absolute atomic E-state index is 12.6. The van der Waals surface area contributed by atoms with E-state index in [4.69, 9.17) is 5.73 Å². The number of anilines is 1. The van der Waals surface area contributed by atoms with Gasteiger partial charge in [0.25, 0.3) is 0 Å². The van der Waals surface area contributed by atoms with Crippen LogP contribution in [-0.4, -0.2) is 9.97 Å². The van der Waals surface area contributed by atoms with E-state index < -0.39 is 5.95 Å². The molecule has 0 aliphatic heterocycles. The third-order valence-corrected chi connectivity index (χ3v) is 1.60. The van der Waals surface area contributed by atoms with Crippen LogP contribution in [0.4, 0.5) is 10.2 Å². The van der Waals surface area contributed by atoms with Crippen molar-refractivity contribution < 1.29 is 4.39 Å². The summed E-state index contributed by atoms with van der Waals surface area (Å²) in [6.07, 6.45) is 1.57. The molecule has 2 aromatic heterocycles. The fraction of sp³-hybridized carbons (Fsp3) is 0. The monoisotopic (exact) mass is 163 g/mol. The highest BCUT2D eigenvalue weighted by atomic mass is 19.1. The van der Waals surface area contributed by atoms with Gasteiger partial charge < -0.3 is 5.73 Å². The molecular formula is C8H6FN3. The topological polar surface area (TPSA) is 51.8 Å². The Hall–Kier alpha value is -1.71. The summed E-state index contributed by atoms with van der Waals surface area (Å²) in [5.74, 6) is -0.283. The predicted molar refractivity (Wildman–Crippen MR) is 43.9 cm³/mol. The van der Waals surface area contributed by atoms with Crippen molar-refractivity contribution in [2.45, 2.75) is 0 Å². The summed E-state index contributed by atoms with van der Waals surface area (Å²) in [4.78, 5) is 7.42. The first-order valence-electron chi connectivity index (χ1n) is 3.44. The van der Waals surface area contributed by atoms with Gasteiger partial charge in [0.15, 0.2) is 0 Å². The number of rotatable bonds is 0. The van der Waals surface area contributed by atoms with E-state index in [1.165, 1.54) is 6.07 Å². The highest BCUT2D eigenvalue weighted by Crippen LogP contribution is 2.15. The van der Waals surface area contributed by atoms with E-state index in [0.29, 0.717) is 5.52 Å². The van der Waals surface area contributed by atoms with Crippen molar-refractivity contribution >= 4 is 16.7 Å². The van der Waals surface area contributed by atoms with Crippen LogP contribution in [0.3, 0.4) is 0 Å². The van der Waals surface area contributed by atoms with Gasteiger partial charge in [-0.05, 0) is 18.2 Å². The van der Waals surface area contributed by atoms with Crippen LogP contribution in [0.15, 0.2) is 24.4 Å². The fourth-order valence-electron chi connectivity index (χ4n) is 1.04. The smallest absolute Gasteiger partial charge is 0.213 e. The molecule has 2 N–H and O–H groups in total. The molecule has 4 heteroatoms. The Morgan fingerprint density at radius 3 is 2.92 bits per heavy atom. The van der Waals surface area contributed by atoms with Crippen LogP contribution in [0.5, 0.6) is 0 Å². The summed E-state index contributed by atoms with van der Waals surface area (Å²) < 4.78 is 12.6. The van der Waals surface area contributed by atoms with E-state index in [2.05, 4.69) is 9.97 Å². The molecule has 0 saturated carbocycles. The number of nitrogen functional groups attached to an aromatic ring is 1. The number of pyridine rings is 2. The minimum absolute atomic E-state index is 0.256. The van der Waals surface area contributed by atoms with Crippen LogP contribution in [0.1, 0.15) is 0 Å². The van der Waals surface area contributed by atoms with Crippen LogP contribution in [0.2, 0.25) is 0 Å². The third-order valence-electron chi connectivity index (χ3n) is 1.60. The first kappa shape index (κ1) is 6.97. The zero-order valence-corrected chi connectivity index (χ0v) is 6.16. The highest BCUT2D eigenvalue weighted by Gasteiger charge is 2.00. The minimum Gasteiger partial charge on any atom is -0.382 e. The molecule has 0 fully saturated rings. The average Bonchev–Trinajstić information content (AvgIpc) is 2.07. The van der Waals surface area contributed by atoms with E-state index >= 15 is 0 Å². The lowest BCUT2D eigenvalue weighted by molar-refractivity contribution is 0.589. The molecule has 0 spiro atoms. The van der Waals surface area contributed by atoms with E-state index in [9.17, 15) is 4.39 Å². The molecule has 2 rings (SSSR count). The Morgan fingerprint density at radius 2 is 2.08 bits per heavy atom. The van der Waals surface area contributed by atoms with Gasteiger partial charge in [0.2, 0.25) is 5.95 Å². The molecule has 0 bridgehead atoms. The van der Waals surface area contributed by atoms with Crippen molar-refractivity contribution in [1.29, 1.82) is 0 Å². The zero-order chi connectivity index (χ0) is 8.55. The number of aromatic nitrogens is 2. The summed E-state index contributed by atoms with van der Waals surface area (Å²) in [6.45, 7) is 0. The van der Waals surface area contributed by atoms with Gasteiger partial charge in [0, 0.05) is 11.6 Å². The van der Waals surface area contributed by atoms with Gasteiger partial charge in [0.05, 0.1) is 0 Å². The molecule has 0 aliphatic carbocycles. The van der Waals surface area contributed by atoms with Gasteiger partial charge in [-0.15, -0.1) is 0 Å². The fourth-order valence-corrected chi connectivity index (χ4v) is 1.04. The lowest BCUT2D eigenvalue weighted by atomic mass is 10.2. The van der Waals surface area contributed by atoms with E-state index in [0.717, 1.165) is 5.39 Å². The molecule has 0 amide bonds. The van der Waals surface area contributed by atoms with Crippen molar-refractivity contribution in [1.82, 2.24) is 9.97 Å². The van der Waals surface area contributed by atoms with Crippen molar-refractivity contribution in [3.8, 4) is 0 Å². The first-order chi connectivity index (χ1) is 5.77. The van der Waals surface area contributed by atoms with Crippen LogP contribution in [-0.2, 0) is 0 Å². The number of hydrogen-bond donors (Lipinski definition) is 1. The lowest BCUT2D eigenvalue weighted by Gasteiger charge is -1.98. The number of fused-ring (bicyclic) bond motifs is 1. The molecule has 2 heterocycles. The average molecular weight is 163 g/mol. The Morgan fingerprint density at radius 1 is 1.25 bits per heavy atom. The van der Waals surface area contributed by atoms with Gasteiger partial charge in [-0.25, -0.2) is 9.97 Å². The molecule has 0 radical (unpaired) electrons. The first-order valence-corrected chi connectivity index (χ1v) is 3.44. The quantitative estimate of drug-likeness (QED) is 0.596. The number of nitrogens with zero attached hydrogens (tertiary/aromatic N) is 2. The Labute approximate surface area is 68.1 Å². The largest absolute Gasteiger partial charge is 0.382 e. The van der Waals surface area contributed by atoms with Gasteiger partial charge in [-0.3, -0.25) is 0 Å². The molecule has 0 atom stereocenters. The molecule has 3 nitrogen and oxygen atoms in total. The predicted octanol–water partition coefficient (Wildman–Crippen LogP) is 1.35. The minimum atomic E-state index is -0.540. The molecule has 12 heavy (non-hydrogen) atoms. The van der Waals surface area contributed by atoms with Crippen molar-refractivity contribution in [3.63, 3.8) is 0 Å².